The van der Waals surface area contributed by atoms with Crippen molar-refractivity contribution in [2.45, 2.75) is 25.3 Å². The molecular formula is C24H24N2O2. The molecule has 1 aromatic heterocycles. The van der Waals surface area contributed by atoms with Crippen LogP contribution < -0.4 is 5.32 Å². The minimum Gasteiger partial charge on any atom is -0.379 e. The maximum absolute atomic E-state index is 12.9. The Balaban J connectivity index is 1.28. The van der Waals surface area contributed by atoms with Crippen LogP contribution in [0.5, 0.6) is 0 Å². The Morgan fingerprint density at radius 3 is 2.57 bits per heavy atom. The summed E-state index contributed by atoms with van der Waals surface area (Å²) < 4.78 is 5.75. The van der Waals surface area contributed by atoms with Gasteiger partial charge in [0.05, 0.1) is 24.8 Å². The van der Waals surface area contributed by atoms with Crippen molar-refractivity contribution in [3.8, 4) is 0 Å². The zero-order chi connectivity index (χ0) is 18.9. The quantitative estimate of drug-likeness (QED) is 0.764. The van der Waals surface area contributed by atoms with E-state index in [1.807, 2.05) is 18.3 Å². The normalized spacial score (nSPS) is 21.7. The van der Waals surface area contributed by atoms with Crippen LogP contribution in [-0.4, -0.2) is 30.1 Å². The fraction of sp³-hybridized carbons (Fsp3) is 0.333. The summed E-state index contributed by atoms with van der Waals surface area (Å²) in [5, 5.41) is 4.48. The molecule has 5 rings (SSSR count). The number of para-hydroxylation sites is 1. The number of fused-ring (bicyclic) bond motifs is 2. The van der Waals surface area contributed by atoms with E-state index in [-0.39, 0.29) is 17.9 Å². The molecule has 1 aliphatic carbocycles. The summed E-state index contributed by atoms with van der Waals surface area (Å²) in [4.78, 5) is 17.4. The maximum Gasteiger partial charge on any atom is 0.224 e. The van der Waals surface area contributed by atoms with Gasteiger partial charge in [-0.1, -0.05) is 42.5 Å². The molecule has 28 heavy (non-hydrogen) atoms. The van der Waals surface area contributed by atoms with Gasteiger partial charge in [0.2, 0.25) is 5.91 Å². The van der Waals surface area contributed by atoms with Crippen molar-refractivity contribution >= 4 is 16.8 Å². The van der Waals surface area contributed by atoms with E-state index in [1.165, 1.54) is 22.1 Å². The first-order valence-corrected chi connectivity index (χ1v) is 10.1. The van der Waals surface area contributed by atoms with Crippen molar-refractivity contribution in [1.29, 1.82) is 0 Å². The van der Waals surface area contributed by atoms with Gasteiger partial charge in [0.25, 0.3) is 0 Å². The summed E-state index contributed by atoms with van der Waals surface area (Å²) >= 11 is 0. The van der Waals surface area contributed by atoms with E-state index in [2.05, 4.69) is 52.8 Å². The molecule has 3 aromatic rings. The first kappa shape index (κ1) is 17.4. The second-order valence-electron chi connectivity index (χ2n) is 7.98. The van der Waals surface area contributed by atoms with E-state index in [9.17, 15) is 4.79 Å². The third kappa shape index (κ3) is 3.29. The molecule has 1 fully saturated rings. The largest absolute Gasteiger partial charge is 0.379 e. The Morgan fingerprint density at radius 1 is 1.00 bits per heavy atom. The molecule has 142 valence electrons. The summed E-state index contributed by atoms with van der Waals surface area (Å²) in [6.45, 7) is 1.28. The maximum atomic E-state index is 12.9. The molecule has 2 atom stereocenters. The summed E-state index contributed by atoms with van der Waals surface area (Å²) in [6.07, 6.45) is 4.44. The monoisotopic (exact) mass is 372 g/mol. The lowest BCUT2D eigenvalue weighted by molar-refractivity contribution is -0.125. The van der Waals surface area contributed by atoms with E-state index < -0.39 is 0 Å². The first-order valence-electron chi connectivity index (χ1n) is 10.1. The van der Waals surface area contributed by atoms with Crippen LogP contribution in [0.4, 0.5) is 0 Å². The predicted octanol–water partition coefficient (Wildman–Crippen LogP) is 3.32. The molecule has 2 heterocycles. The molecule has 0 unspecified atom stereocenters. The molecule has 2 aromatic carbocycles. The van der Waals surface area contributed by atoms with Gasteiger partial charge >= 0.3 is 0 Å². The SMILES string of the molecule is O=C(N[C@H]1COC[C@H]1Cc1ccnc2ccccc12)C1Cc2ccccc2C1. The van der Waals surface area contributed by atoms with Crippen LogP contribution in [0.1, 0.15) is 16.7 Å². The average molecular weight is 372 g/mol. The van der Waals surface area contributed by atoms with Gasteiger partial charge in [0, 0.05) is 23.4 Å². The Kier molecular flexibility index (Phi) is 4.57. The average Bonchev–Trinajstić information content (AvgIpc) is 3.35. The number of nitrogens with zero attached hydrogens (tertiary/aromatic N) is 1. The topological polar surface area (TPSA) is 51.2 Å². The van der Waals surface area contributed by atoms with Gasteiger partial charge < -0.3 is 10.1 Å². The molecule has 2 aliphatic rings. The van der Waals surface area contributed by atoms with E-state index in [4.69, 9.17) is 4.74 Å². The zero-order valence-electron chi connectivity index (χ0n) is 15.8. The van der Waals surface area contributed by atoms with Crippen LogP contribution in [-0.2, 0) is 28.8 Å². The highest BCUT2D eigenvalue weighted by Crippen LogP contribution is 2.28. The minimum atomic E-state index is 0.0420. The minimum absolute atomic E-state index is 0.0420. The molecule has 0 saturated carbocycles. The van der Waals surface area contributed by atoms with Crippen molar-refractivity contribution in [2.75, 3.05) is 13.2 Å². The predicted molar refractivity (Wildman–Crippen MR) is 109 cm³/mol. The van der Waals surface area contributed by atoms with Gasteiger partial charge in [0.15, 0.2) is 0 Å². The van der Waals surface area contributed by atoms with Crippen molar-refractivity contribution in [3.63, 3.8) is 0 Å². The number of hydrogen-bond acceptors (Lipinski definition) is 3. The fourth-order valence-electron chi connectivity index (χ4n) is 4.62. The molecule has 1 aliphatic heterocycles. The van der Waals surface area contributed by atoms with Gasteiger partial charge in [-0.3, -0.25) is 9.78 Å². The fourth-order valence-corrected chi connectivity index (χ4v) is 4.62. The molecule has 4 nitrogen and oxygen atoms in total. The van der Waals surface area contributed by atoms with Crippen LogP contribution in [0.2, 0.25) is 0 Å². The molecule has 1 saturated heterocycles. The Morgan fingerprint density at radius 2 is 1.75 bits per heavy atom. The molecule has 4 heteroatoms. The summed E-state index contributed by atoms with van der Waals surface area (Å²) in [6, 6.07) is 18.8. The summed E-state index contributed by atoms with van der Waals surface area (Å²) in [7, 11) is 0. The first-order chi connectivity index (χ1) is 13.8. The third-order valence-electron chi connectivity index (χ3n) is 6.17. The Labute approximate surface area is 164 Å². The molecule has 1 amide bonds. The van der Waals surface area contributed by atoms with Gasteiger partial charge in [-0.25, -0.2) is 0 Å². The van der Waals surface area contributed by atoms with Crippen molar-refractivity contribution < 1.29 is 9.53 Å². The lowest BCUT2D eigenvalue weighted by Gasteiger charge is -2.21. The number of hydrogen-bond donors (Lipinski definition) is 1. The van der Waals surface area contributed by atoms with Gasteiger partial charge in [0.1, 0.15) is 0 Å². The second kappa shape index (κ2) is 7.36. The van der Waals surface area contributed by atoms with E-state index in [0.717, 1.165) is 24.8 Å². The van der Waals surface area contributed by atoms with Crippen molar-refractivity contribution in [1.82, 2.24) is 10.3 Å². The summed E-state index contributed by atoms with van der Waals surface area (Å²) in [5.74, 6) is 0.496. The Hall–Kier alpha value is -2.72. The molecule has 0 radical (unpaired) electrons. The van der Waals surface area contributed by atoms with Crippen LogP contribution in [0.3, 0.4) is 0 Å². The summed E-state index contributed by atoms with van der Waals surface area (Å²) in [5.41, 5.74) is 4.91. The highest BCUT2D eigenvalue weighted by Gasteiger charge is 2.33. The van der Waals surface area contributed by atoms with Crippen LogP contribution in [0.15, 0.2) is 60.8 Å². The molecular weight excluding hydrogens is 348 g/mol. The van der Waals surface area contributed by atoms with E-state index >= 15 is 0 Å². The number of pyridine rings is 1. The van der Waals surface area contributed by atoms with Gasteiger partial charge in [-0.15, -0.1) is 0 Å². The number of amides is 1. The van der Waals surface area contributed by atoms with E-state index in [1.54, 1.807) is 0 Å². The molecule has 0 bridgehead atoms. The zero-order valence-corrected chi connectivity index (χ0v) is 15.8. The van der Waals surface area contributed by atoms with E-state index in [0.29, 0.717) is 19.1 Å². The number of rotatable bonds is 4. The number of benzene rings is 2. The van der Waals surface area contributed by atoms with Crippen LogP contribution >= 0.6 is 0 Å². The highest BCUT2D eigenvalue weighted by atomic mass is 16.5. The number of ether oxygens (including phenoxy) is 1. The molecule has 1 N–H and O–H groups in total. The Bertz CT molecular complexity index is 986. The second-order valence-corrected chi connectivity index (χ2v) is 7.98. The number of carbonyl (C=O) groups is 1. The van der Waals surface area contributed by atoms with Crippen LogP contribution in [0, 0.1) is 11.8 Å². The van der Waals surface area contributed by atoms with Gasteiger partial charge in [-0.05, 0) is 48.1 Å². The standard InChI is InChI=1S/C24H24N2O2/c27-24(19-11-16-5-1-2-6-17(16)12-19)26-23-15-28-14-20(23)13-18-9-10-25-22-8-4-3-7-21(18)22/h1-10,19-20,23H,11-15H2,(H,26,27)/t20-,23+/m1/s1. The third-order valence-corrected chi connectivity index (χ3v) is 6.17. The van der Waals surface area contributed by atoms with Crippen LogP contribution in [0.25, 0.3) is 10.9 Å². The highest BCUT2D eigenvalue weighted by molar-refractivity contribution is 5.82. The smallest absolute Gasteiger partial charge is 0.224 e. The van der Waals surface area contributed by atoms with Gasteiger partial charge in [-0.2, -0.15) is 0 Å². The lowest BCUT2D eigenvalue weighted by Crippen LogP contribution is -2.43. The van der Waals surface area contributed by atoms with Crippen molar-refractivity contribution in [2.24, 2.45) is 11.8 Å². The number of nitrogens with one attached hydrogen (secondary N) is 1. The number of aromatic nitrogens is 1. The molecule has 0 spiro atoms. The van der Waals surface area contributed by atoms with Crippen molar-refractivity contribution in [3.05, 3.63) is 77.5 Å². The number of carbonyl (C=O) groups excluding carboxylic acids is 1. The lowest BCUT2D eigenvalue weighted by atomic mass is 9.92.